The molecule has 6 heteroatoms. The van der Waals surface area contributed by atoms with E-state index in [4.69, 9.17) is 10.5 Å². The molecule has 1 aromatic rings. The van der Waals surface area contributed by atoms with Crippen LogP contribution in [0.2, 0.25) is 0 Å². The van der Waals surface area contributed by atoms with E-state index in [9.17, 15) is 8.42 Å². The summed E-state index contributed by atoms with van der Waals surface area (Å²) < 4.78 is 30.2. The Morgan fingerprint density at radius 1 is 1.42 bits per heavy atom. The molecule has 0 atom stereocenters. The van der Waals surface area contributed by atoms with Gasteiger partial charge in [-0.2, -0.15) is 0 Å². The third-order valence-electron chi connectivity index (χ3n) is 3.01. The second kappa shape index (κ2) is 5.16. The molecule has 0 amide bonds. The molecule has 0 radical (unpaired) electrons. The van der Waals surface area contributed by atoms with Crippen LogP contribution < -0.4 is 5.73 Å². The van der Waals surface area contributed by atoms with Crippen LogP contribution in [0.15, 0.2) is 27.6 Å². The average molecular weight is 348 g/mol. The SMILES string of the molecule is CC(C)(N)Cc1ccc(S(=O)(=O)C2COC2)c(Br)c1. The fraction of sp³-hybridized carbons (Fsp3) is 0.538. The molecule has 0 unspecified atom stereocenters. The van der Waals surface area contributed by atoms with Crippen LogP contribution >= 0.6 is 15.9 Å². The van der Waals surface area contributed by atoms with Crippen molar-refractivity contribution >= 4 is 25.8 Å². The van der Waals surface area contributed by atoms with Crippen LogP contribution in [0.25, 0.3) is 0 Å². The highest BCUT2D eigenvalue weighted by atomic mass is 79.9. The minimum atomic E-state index is -3.30. The molecule has 1 aliphatic rings. The number of benzene rings is 1. The number of nitrogens with two attached hydrogens (primary N) is 1. The fourth-order valence-electron chi connectivity index (χ4n) is 1.98. The number of halogens is 1. The molecule has 2 N–H and O–H groups in total. The number of hydrogen-bond donors (Lipinski definition) is 1. The van der Waals surface area contributed by atoms with Gasteiger partial charge in [-0.3, -0.25) is 0 Å². The van der Waals surface area contributed by atoms with Crippen LogP contribution in [0, 0.1) is 0 Å². The molecule has 19 heavy (non-hydrogen) atoms. The summed E-state index contributed by atoms with van der Waals surface area (Å²) in [6.07, 6.45) is 0.693. The lowest BCUT2D eigenvalue weighted by molar-refractivity contribution is 0.0416. The number of rotatable bonds is 4. The summed E-state index contributed by atoms with van der Waals surface area (Å²) in [7, 11) is -3.30. The van der Waals surface area contributed by atoms with Crippen molar-refractivity contribution in [1.82, 2.24) is 0 Å². The van der Waals surface area contributed by atoms with Crippen LogP contribution in [0.5, 0.6) is 0 Å². The molecule has 1 heterocycles. The van der Waals surface area contributed by atoms with Gasteiger partial charge in [-0.25, -0.2) is 8.42 Å². The minimum absolute atomic E-state index is 0.284. The van der Waals surface area contributed by atoms with Gasteiger partial charge in [0.25, 0.3) is 0 Å². The van der Waals surface area contributed by atoms with E-state index >= 15 is 0 Å². The quantitative estimate of drug-likeness (QED) is 0.902. The zero-order chi connectivity index (χ0) is 14.3. The van der Waals surface area contributed by atoms with E-state index in [1.807, 2.05) is 26.0 Å². The van der Waals surface area contributed by atoms with Gasteiger partial charge in [0.05, 0.1) is 18.1 Å². The number of sulfone groups is 1. The Hall–Kier alpha value is -0.430. The molecule has 0 aliphatic carbocycles. The molecular weight excluding hydrogens is 330 g/mol. The van der Waals surface area contributed by atoms with E-state index in [1.54, 1.807) is 6.07 Å². The molecule has 1 saturated heterocycles. The van der Waals surface area contributed by atoms with Crippen LogP contribution in [0.3, 0.4) is 0 Å². The maximum atomic E-state index is 12.3. The minimum Gasteiger partial charge on any atom is -0.379 e. The topological polar surface area (TPSA) is 69.4 Å². The van der Waals surface area contributed by atoms with Crippen LogP contribution in [-0.2, 0) is 21.0 Å². The first-order valence-electron chi connectivity index (χ1n) is 6.09. The van der Waals surface area contributed by atoms with Gasteiger partial charge in [0.15, 0.2) is 9.84 Å². The van der Waals surface area contributed by atoms with Crippen molar-refractivity contribution in [2.45, 2.75) is 36.0 Å². The molecule has 2 rings (SSSR count). The Morgan fingerprint density at radius 3 is 2.47 bits per heavy atom. The van der Waals surface area contributed by atoms with Crippen molar-refractivity contribution in [3.63, 3.8) is 0 Å². The second-order valence-electron chi connectivity index (χ2n) is 5.63. The molecule has 0 saturated carbocycles. The van der Waals surface area contributed by atoms with E-state index in [-0.39, 0.29) is 18.8 Å². The lowest BCUT2D eigenvalue weighted by Gasteiger charge is -2.26. The summed E-state index contributed by atoms with van der Waals surface area (Å²) in [5, 5.41) is -0.416. The fourth-order valence-corrected chi connectivity index (χ4v) is 4.59. The highest BCUT2D eigenvalue weighted by Gasteiger charge is 2.35. The van der Waals surface area contributed by atoms with Gasteiger partial charge in [0.1, 0.15) is 5.25 Å². The average Bonchev–Trinajstić information content (AvgIpc) is 2.09. The van der Waals surface area contributed by atoms with Crippen molar-refractivity contribution in [2.75, 3.05) is 13.2 Å². The molecule has 106 valence electrons. The van der Waals surface area contributed by atoms with Crippen LogP contribution in [0.1, 0.15) is 19.4 Å². The van der Waals surface area contributed by atoms with Gasteiger partial charge < -0.3 is 10.5 Å². The van der Waals surface area contributed by atoms with Crippen molar-refractivity contribution in [1.29, 1.82) is 0 Å². The number of hydrogen-bond acceptors (Lipinski definition) is 4. The Morgan fingerprint density at radius 2 is 2.05 bits per heavy atom. The summed E-state index contributed by atoms with van der Waals surface area (Å²) in [5.74, 6) is 0. The van der Waals surface area contributed by atoms with Crippen molar-refractivity contribution < 1.29 is 13.2 Å². The van der Waals surface area contributed by atoms with Gasteiger partial charge in [-0.1, -0.05) is 6.07 Å². The van der Waals surface area contributed by atoms with Crippen molar-refractivity contribution in [2.24, 2.45) is 5.73 Å². The Kier molecular flexibility index (Phi) is 4.07. The molecular formula is C13H18BrNO3S. The zero-order valence-corrected chi connectivity index (χ0v) is 13.4. The molecule has 0 spiro atoms. The first-order chi connectivity index (χ1) is 8.70. The van der Waals surface area contributed by atoms with Crippen molar-refractivity contribution in [3.05, 3.63) is 28.2 Å². The van der Waals surface area contributed by atoms with Crippen LogP contribution in [-0.4, -0.2) is 32.4 Å². The summed E-state index contributed by atoms with van der Waals surface area (Å²) in [4.78, 5) is 0.333. The van der Waals surface area contributed by atoms with E-state index in [0.29, 0.717) is 15.8 Å². The first kappa shape index (κ1) is 15.0. The predicted molar refractivity (Wildman–Crippen MR) is 77.9 cm³/mol. The standard InChI is InChI=1S/C13H18BrNO3S/c1-13(2,15)6-9-3-4-12(11(14)5-9)19(16,17)10-7-18-8-10/h3-5,10H,6-8,15H2,1-2H3. The van der Waals surface area contributed by atoms with E-state index in [1.165, 1.54) is 0 Å². The molecule has 1 aliphatic heterocycles. The Labute approximate surface area is 122 Å². The summed E-state index contributed by atoms with van der Waals surface area (Å²) in [5.41, 5.74) is 6.67. The predicted octanol–water partition coefficient (Wildman–Crippen LogP) is 1.90. The van der Waals surface area contributed by atoms with E-state index < -0.39 is 15.1 Å². The van der Waals surface area contributed by atoms with E-state index in [2.05, 4.69) is 15.9 Å². The lowest BCUT2D eigenvalue weighted by Crippen LogP contribution is -2.40. The van der Waals surface area contributed by atoms with Gasteiger partial charge in [0, 0.05) is 10.0 Å². The normalized spacial score (nSPS) is 17.3. The third kappa shape index (κ3) is 3.37. The van der Waals surface area contributed by atoms with Gasteiger partial charge in [-0.15, -0.1) is 0 Å². The Bertz CT molecular complexity index is 574. The maximum Gasteiger partial charge on any atom is 0.186 e. The smallest absolute Gasteiger partial charge is 0.186 e. The number of ether oxygens (including phenoxy) is 1. The Balaban J connectivity index is 2.29. The van der Waals surface area contributed by atoms with Gasteiger partial charge in [-0.05, 0) is 53.9 Å². The highest BCUT2D eigenvalue weighted by molar-refractivity contribution is 9.10. The maximum absolute atomic E-state index is 12.3. The van der Waals surface area contributed by atoms with Crippen molar-refractivity contribution in [3.8, 4) is 0 Å². The largest absolute Gasteiger partial charge is 0.379 e. The molecule has 1 aromatic carbocycles. The third-order valence-corrected chi connectivity index (χ3v) is 6.05. The second-order valence-corrected chi connectivity index (χ2v) is 8.69. The first-order valence-corrected chi connectivity index (χ1v) is 8.43. The molecule has 1 fully saturated rings. The van der Waals surface area contributed by atoms with E-state index in [0.717, 1.165) is 5.56 Å². The molecule has 0 bridgehead atoms. The molecule has 0 aromatic heterocycles. The van der Waals surface area contributed by atoms with Gasteiger partial charge >= 0.3 is 0 Å². The monoisotopic (exact) mass is 347 g/mol. The lowest BCUT2D eigenvalue weighted by atomic mass is 9.96. The summed E-state index contributed by atoms with van der Waals surface area (Å²) in [6.45, 7) is 4.45. The summed E-state index contributed by atoms with van der Waals surface area (Å²) >= 11 is 3.35. The molecule has 4 nitrogen and oxygen atoms in total. The zero-order valence-electron chi connectivity index (χ0n) is 11.0. The van der Waals surface area contributed by atoms with Crippen LogP contribution in [0.4, 0.5) is 0 Å². The highest BCUT2D eigenvalue weighted by Crippen LogP contribution is 2.29. The summed E-state index contributed by atoms with van der Waals surface area (Å²) in [6, 6.07) is 5.31. The van der Waals surface area contributed by atoms with Gasteiger partial charge in [0.2, 0.25) is 0 Å².